The molecule has 0 aliphatic carbocycles. The van der Waals surface area contributed by atoms with Gasteiger partial charge >= 0.3 is 0 Å². The topological polar surface area (TPSA) is 85.0 Å². The van der Waals surface area contributed by atoms with E-state index in [2.05, 4.69) is 29.0 Å². The highest BCUT2D eigenvalue weighted by atomic mass is 16.5. The Labute approximate surface area is 182 Å². The first-order valence-electron chi connectivity index (χ1n) is 11.2. The fourth-order valence-corrected chi connectivity index (χ4v) is 4.17. The summed E-state index contributed by atoms with van der Waals surface area (Å²) in [5.74, 6) is 1.48. The summed E-state index contributed by atoms with van der Waals surface area (Å²) in [6.45, 7) is 4.88. The van der Waals surface area contributed by atoms with Crippen molar-refractivity contribution in [2.45, 2.75) is 64.8 Å². The van der Waals surface area contributed by atoms with Crippen molar-refractivity contribution in [3.05, 3.63) is 59.8 Å². The van der Waals surface area contributed by atoms with E-state index in [0.717, 1.165) is 73.4 Å². The molecule has 0 saturated carbocycles. The third kappa shape index (κ3) is 4.65. The SMILES string of the molecule is CCCc1ncc(-c2ccncc2)c(C2CCCCN2C(=O)c2cc(CCC)on2)n1. The molecule has 4 rings (SSSR count). The smallest absolute Gasteiger partial charge is 0.276 e. The molecule has 1 atom stereocenters. The lowest BCUT2D eigenvalue weighted by molar-refractivity contribution is 0.0595. The average Bonchev–Trinajstić information content (AvgIpc) is 3.28. The number of hydrogen-bond donors (Lipinski definition) is 0. The van der Waals surface area contributed by atoms with Crippen molar-refractivity contribution in [1.29, 1.82) is 0 Å². The fraction of sp³-hybridized carbons (Fsp3) is 0.458. The number of hydrogen-bond acceptors (Lipinski definition) is 6. The number of piperidine rings is 1. The highest BCUT2D eigenvalue weighted by Crippen LogP contribution is 2.36. The minimum absolute atomic E-state index is 0.0906. The van der Waals surface area contributed by atoms with Gasteiger partial charge in [-0.05, 0) is 49.8 Å². The predicted molar refractivity (Wildman–Crippen MR) is 117 cm³/mol. The normalized spacial score (nSPS) is 16.5. The zero-order valence-electron chi connectivity index (χ0n) is 18.3. The van der Waals surface area contributed by atoms with Gasteiger partial charge in [-0.3, -0.25) is 9.78 Å². The van der Waals surface area contributed by atoms with Crippen LogP contribution in [0.4, 0.5) is 0 Å². The van der Waals surface area contributed by atoms with E-state index in [-0.39, 0.29) is 11.9 Å². The van der Waals surface area contributed by atoms with E-state index in [1.54, 1.807) is 18.5 Å². The van der Waals surface area contributed by atoms with Crippen molar-refractivity contribution in [1.82, 2.24) is 25.0 Å². The van der Waals surface area contributed by atoms with Crippen LogP contribution in [0.5, 0.6) is 0 Å². The molecule has 3 aromatic heterocycles. The Morgan fingerprint density at radius 2 is 1.97 bits per heavy atom. The summed E-state index contributed by atoms with van der Waals surface area (Å²) < 4.78 is 5.37. The number of likely N-dealkylation sites (tertiary alicyclic amines) is 1. The van der Waals surface area contributed by atoms with E-state index in [1.165, 1.54) is 0 Å². The van der Waals surface area contributed by atoms with E-state index >= 15 is 0 Å². The summed E-state index contributed by atoms with van der Waals surface area (Å²) in [6, 6.07) is 5.59. The number of carbonyl (C=O) groups excluding carboxylic acids is 1. The van der Waals surface area contributed by atoms with E-state index in [4.69, 9.17) is 9.51 Å². The minimum Gasteiger partial charge on any atom is -0.361 e. The van der Waals surface area contributed by atoms with Gasteiger partial charge in [-0.25, -0.2) is 9.97 Å². The largest absolute Gasteiger partial charge is 0.361 e. The average molecular weight is 420 g/mol. The molecule has 4 heterocycles. The third-order valence-corrected chi connectivity index (χ3v) is 5.69. The van der Waals surface area contributed by atoms with Gasteiger partial charge in [0.25, 0.3) is 5.91 Å². The van der Waals surface area contributed by atoms with Gasteiger partial charge in [0, 0.05) is 49.6 Å². The summed E-state index contributed by atoms with van der Waals surface area (Å²) in [5, 5.41) is 4.06. The van der Waals surface area contributed by atoms with Crippen LogP contribution in [0, 0.1) is 0 Å². The van der Waals surface area contributed by atoms with Gasteiger partial charge in [0.05, 0.1) is 11.7 Å². The van der Waals surface area contributed by atoms with Gasteiger partial charge in [-0.15, -0.1) is 0 Å². The molecule has 0 aromatic carbocycles. The molecule has 0 spiro atoms. The molecule has 1 aliphatic rings. The van der Waals surface area contributed by atoms with E-state index < -0.39 is 0 Å². The molecule has 7 heteroatoms. The minimum atomic E-state index is -0.116. The molecule has 0 radical (unpaired) electrons. The highest BCUT2D eigenvalue weighted by Gasteiger charge is 2.33. The summed E-state index contributed by atoms with van der Waals surface area (Å²) >= 11 is 0. The Kier molecular flexibility index (Phi) is 6.70. The first kappa shape index (κ1) is 21.2. The number of rotatable bonds is 7. The lowest BCUT2D eigenvalue weighted by atomic mass is 9.93. The monoisotopic (exact) mass is 419 g/mol. The third-order valence-electron chi connectivity index (χ3n) is 5.69. The summed E-state index contributed by atoms with van der Waals surface area (Å²) in [6.07, 6.45) is 11.8. The second-order valence-corrected chi connectivity index (χ2v) is 8.01. The molecule has 0 bridgehead atoms. The van der Waals surface area contributed by atoms with Crippen molar-refractivity contribution in [3.63, 3.8) is 0 Å². The van der Waals surface area contributed by atoms with E-state index in [1.807, 2.05) is 23.2 Å². The first-order chi connectivity index (χ1) is 15.2. The van der Waals surface area contributed by atoms with Gasteiger partial charge in [0.2, 0.25) is 0 Å². The molecule has 0 N–H and O–H groups in total. The van der Waals surface area contributed by atoms with Crippen LogP contribution in [0.25, 0.3) is 11.1 Å². The first-order valence-corrected chi connectivity index (χ1v) is 11.2. The molecule has 1 amide bonds. The van der Waals surface area contributed by atoms with Crippen LogP contribution in [0.1, 0.15) is 79.8 Å². The molecule has 7 nitrogen and oxygen atoms in total. The Balaban J connectivity index is 1.72. The molecule has 1 fully saturated rings. The zero-order valence-corrected chi connectivity index (χ0v) is 18.3. The van der Waals surface area contributed by atoms with Crippen LogP contribution in [-0.2, 0) is 12.8 Å². The second kappa shape index (κ2) is 9.81. The van der Waals surface area contributed by atoms with Crippen LogP contribution < -0.4 is 0 Å². The van der Waals surface area contributed by atoms with Gasteiger partial charge in [-0.1, -0.05) is 19.0 Å². The van der Waals surface area contributed by atoms with Crippen molar-refractivity contribution in [2.24, 2.45) is 0 Å². The van der Waals surface area contributed by atoms with Crippen LogP contribution in [0.2, 0.25) is 0 Å². The fourth-order valence-electron chi connectivity index (χ4n) is 4.17. The van der Waals surface area contributed by atoms with Crippen molar-refractivity contribution in [3.8, 4) is 11.1 Å². The quantitative estimate of drug-likeness (QED) is 0.547. The van der Waals surface area contributed by atoms with Gasteiger partial charge in [-0.2, -0.15) is 0 Å². The number of carbonyl (C=O) groups is 1. The summed E-state index contributed by atoms with van der Waals surface area (Å²) in [4.78, 5) is 29.0. The number of amides is 1. The van der Waals surface area contributed by atoms with Crippen molar-refractivity contribution in [2.75, 3.05) is 6.54 Å². The molecule has 31 heavy (non-hydrogen) atoms. The van der Waals surface area contributed by atoms with Crippen LogP contribution in [0.3, 0.4) is 0 Å². The predicted octanol–water partition coefficient (Wildman–Crippen LogP) is 4.80. The number of pyridine rings is 1. The van der Waals surface area contributed by atoms with Gasteiger partial charge in [0.15, 0.2) is 5.69 Å². The molecule has 1 aliphatic heterocycles. The lowest BCUT2D eigenvalue weighted by Gasteiger charge is -2.35. The molecular weight excluding hydrogens is 390 g/mol. The Hall–Kier alpha value is -3.09. The lowest BCUT2D eigenvalue weighted by Crippen LogP contribution is -2.39. The number of aryl methyl sites for hydroxylation is 2. The Bertz CT molecular complexity index is 1020. The molecule has 1 unspecified atom stereocenters. The van der Waals surface area contributed by atoms with Crippen molar-refractivity contribution < 1.29 is 9.32 Å². The number of nitrogens with zero attached hydrogens (tertiary/aromatic N) is 5. The zero-order chi connectivity index (χ0) is 21.6. The number of aromatic nitrogens is 4. The van der Waals surface area contributed by atoms with Crippen LogP contribution in [-0.4, -0.2) is 37.5 Å². The van der Waals surface area contributed by atoms with Gasteiger partial charge in [0.1, 0.15) is 11.6 Å². The van der Waals surface area contributed by atoms with Crippen LogP contribution >= 0.6 is 0 Å². The maximum atomic E-state index is 13.4. The molecular formula is C24H29N5O2. The maximum Gasteiger partial charge on any atom is 0.276 e. The van der Waals surface area contributed by atoms with E-state index in [0.29, 0.717) is 12.2 Å². The second-order valence-electron chi connectivity index (χ2n) is 8.01. The summed E-state index contributed by atoms with van der Waals surface area (Å²) in [5.41, 5.74) is 3.26. The molecule has 162 valence electrons. The Morgan fingerprint density at radius 1 is 1.16 bits per heavy atom. The Morgan fingerprint density at radius 3 is 2.74 bits per heavy atom. The molecule has 1 saturated heterocycles. The standard InChI is InChI=1S/C24H29N5O2/c1-3-7-18-15-20(28-31-18)24(30)29-14-6-5-9-21(29)23-19(17-10-12-25-13-11-17)16-26-22(27-23)8-4-2/h10-13,15-16,21H,3-9,14H2,1-2H3. The molecule has 3 aromatic rings. The highest BCUT2D eigenvalue weighted by molar-refractivity contribution is 5.92. The van der Waals surface area contributed by atoms with Crippen LogP contribution in [0.15, 0.2) is 41.3 Å². The van der Waals surface area contributed by atoms with E-state index in [9.17, 15) is 4.79 Å². The van der Waals surface area contributed by atoms with Crippen molar-refractivity contribution >= 4 is 5.91 Å². The van der Waals surface area contributed by atoms with Gasteiger partial charge < -0.3 is 9.42 Å². The summed E-state index contributed by atoms with van der Waals surface area (Å²) in [7, 11) is 0. The maximum absolute atomic E-state index is 13.4.